The van der Waals surface area contributed by atoms with Gasteiger partial charge in [-0.15, -0.1) is 104 Å². The number of hydrogen-bond donors (Lipinski definition) is 0. The molecule has 0 aliphatic carbocycles. The zero-order chi connectivity index (χ0) is 94.1. The SMILES string of the molecule is CCc1[c-]c(-c2ncc(-c3c(C)cc(C#N)cc3C)nc2-c2cc(CC)cc(CC)c2)cc(CC)c1.CCc1nnc(-c2ccncn2)[n-]1.Cc1[c-]c(-c2ncc(-c3cc(C)c(C#N)c(C)c3)nc2-c2cc(C)cc(C)c2)cc(C)c1.Cc1[c-]c(-c2ncc(-c3cc(C)c(C#N)cc3C)nc2-c2cc(C)c(C)c(C)c2)cc(C)c1C.[Ir].[Ir].[Ir].c1ccc(-c2c[n-]c(-c3ccccn3)n2)cc1. The largest absolute Gasteiger partial charge is 0.441 e. The number of nitriles is 3. The fourth-order valence-corrected chi connectivity index (χ4v) is 16.2. The van der Waals surface area contributed by atoms with Crippen LogP contribution in [0.25, 0.3) is 136 Å². The van der Waals surface area contributed by atoms with Crippen molar-refractivity contribution in [2.24, 2.45) is 0 Å². The van der Waals surface area contributed by atoms with Crippen molar-refractivity contribution in [2.45, 2.75) is 178 Å². The zero-order valence-electron chi connectivity index (χ0n) is 80.3. The molecule has 0 aliphatic rings. The Morgan fingerprint density at radius 1 is 0.348 bits per heavy atom. The first-order valence-corrected chi connectivity index (χ1v) is 44.7. The summed E-state index contributed by atoms with van der Waals surface area (Å²) in [6.45, 7) is 43.8. The molecule has 0 aliphatic heterocycles. The molecule has 0 spiro atoms. The van der Waals surface area contributed by atoms with Gasteiger partial charge < -0.3 is 40.1 Å². The van der Waals surface area contributed by atoms with Gasteiger partial charge in [0, 0.05) is 131 Å². The van der Waals surface area contributed by atoms with E-state index in [9.17, 15) is 15.8 Å². The summed E-state index contributed by atoms with van der Waals surface area (Å²) in [5.74, 6) is 1.98. The first-order valence-electron chi connectivity index (χ1n) is 44.7. The Bertz CT molecular complexity index is 7010. The van der Waals surface area contributed by atoms with Crippen molar-refractivity contribution < 1.29 is 60.3 Å². The number of imidazole rings is 1. The van der Waals surface area contributed by atoms with E-state index < -0.39 is 0 Å². The summed E-state index contributed by atoms with van der Waals surface area (Å²) in [4.78, 5) is 55.4. The molecule has 0 N–H and O–H groups in total. The van der Waals surface area contributed by atoms with E-state index in [-0.39, 0.29) is 60.3 Å². The molecule has 685 valence electrons. The molecule has 17 aromatic rings. The van der Waals surface area contributed by atoms with Crippen molar-refractivity contribution >= 4 is 0 Å². The standard InChI is InChI=1S/C33H34N3.C31H30N3.C29H26N3.C14H10N3.C8H8N5.3Ir/c1-7-23-13-24(8-2)16-28(15-23)32-33(29-17-25(9-3)14-26(10-4)18-29)36-30(20-35-32)31-21(5)11-27(19-34)12-22(31)6;1-17-9-25(10-18(2)23(17)7)30-31(26-11-19(3)24(8)20(4)12-26)34-29(16-33-30)28-14-21(5)27(15-32)13-22(28)6;1-17-7-18(2)10-24(9-17)28-29(25-11-19(3)8-20(4)12-25)32-27(16-31-28)23-13-21(5)26(15-30)22(6)14-23;1-2-6-11(7-3-1)13-10-16-14(17-13)12-8-4-5-9-15-12;1-2-7-11-8(13-12-7)6-3-4-9-5-10-6;;;/h11-15,17-18,20H,7-10H2,1-6H3;9,11-14,16H,1-8H3;7-9,11-14,16H,1-6H3;1-10H;3-5H,2H2,1H3;;;/q5*-1;;;. The molecule has 0 saturated carbocycles. The van der Waals surface area contributed by atoms with E-state index in [2.05, 4.69) is 252 Å². The molecule has 10 aromatic carbocycles. The van der Waals surface area contributed by atoms with Gasteiger partial charge in [0.15, 0.2) is 0 Å². The first kappa shape index (κ1) is 104. The van der Waals surface area contributed by atoms with Crippen LogP contribution in [0.3, 0.4) is 0 Å². The van der Waals surface area contributed by atoms with Gasteiger partial charge in [-0.25, -0.2) is 9.97 Å². The van der Waals surface area contributed by atoms with Crippen molar-refractivity contribution in [3.63, 3.8) is 0 Å². The van der Waals surface area contributed by atoms with E-state index >= 15 is 0 Å². The average Bonchev–Trinajstić information content (AvgIpc) is 1.46. The average molecular weight is 2300 g/mol. The number of aromatic nitrogens is 14. The van der Waals surface area contributed by atoms with E-state index in [4.69, 9.17) is 29.9 Å². The maximum Gasteiger partial charge on any atom is 0.116 e. The predicted molar refractivity (Wildman–Crippen MR) is 531 cm³/mol. The molecule has 0 bridgehead atoms. The van der Waals surface area contributed by atoms with E-state index in [1.54, 1.807) is 24.7 Å². The van der Waals surface area contributed by atoms with Crippen LogP contribution in [0.2, 0.25) is 0 Å². The molecule has 0 atom stereocenters. The third-order valence-electron chi connectivity index (χ3n) is 23.6. The van der Waals surface area contributed by atoms with Crippen molar-refractivity contribution in [3.8, 4) is 154 Å². The molecule has 17 nitrogen and oxygen atoms in total. The van der Waals surface area contributed by atoms with Crippen LogP contribution in [-0.4, -0.2) is 60.0 Å². The molecule has 3 radical (unpaired) electrons. The van der Waals surface area contributed by atoms with Crippen molar-refractivity contribution in [2.75, 3.05) is 0 Å². The Hall–Kier alpha value is -13.6. The van der Waals surface area contributed by atoms with E-state index in [0.29, 0.717) is 28.5 Å². The van der Waals surface area contributed by atoms with Gasteiger partial charge in [-0.1, -0.05) is 171 Å². The van der Waals surface area contributed by atoms with Crippen LogP contribution in [-0.2, 0) is 92.4 Å². The Kier molecular flexibility index (Phi) is 36.3. The Morgan fingerprint density at radius 3 is 1.45 bits per heavy atom. The van der Waals surface area contributed by atoms with Crippen molar-refractivity contribution in [1.29, 1.82) is 15.8 Å². The summed E-state index contributed by atoms with van der Waals surface area (Å²) >= 11 is 0. The van der Waals surface area contributed by atoms with Crippen LogP contribution < -0.4 is 9.97 Å². The van der Waals surface area contributed by atoms with Gasteiger partial charge >= 0.3 is 0 Å². The normalized spacial score (nSPS) is 10.5. The van der Waals surface area contributed by atoms with Crippen LogP contribution in [0.4, 0.5) is 0 Å². The van der Waals surface area contributed by atoms with Gasteiger partial charge in [-0.05, 0) is 264 Å². The monoisotopic (exact) mass is 2310 g/mol. The van der Waals surface area contributed by atoms with Crippen LogP contribution in [0.15, 0.2) is 213 Å². The van der Waals surface area contributed by atoms with E-state index in [1.807, 2.05) is 152 Å². The minimum absolute atomic E-state index is 0. The van der Waals surface area contributed by atoms with Gasteiger partial charge in [-0.3, -0.25) is 19.9 Å². The molecule has 0 fully saturated rings. The molecule has 0 unspecified atom stereocenters. The molecule has 17 rings (SSSR count). The Labute approximate surface area is 836 Å². The Morgan fingerprint density at radius 2 is 0.896 bits per heavy atom. The fourth-order valence-electron chi connectivity index (χ4n) is 16.2. The minimum atomic E-state index is 0. The van der Waals surface area contributed by atoms with Gasteiger partial charge in [-0.2, -0.15) is 15.8 Å². The number of benzene rings is 10. The third kappa shape index (κ3) is 25.1. The smallest absolute Gasteiger partial charge is 0.116 e. The van der Waals surface area contributed by atoms with Crippen LogP contribution >= 0.6 is 0 Å². The molecular formula is C115H108Ir3N17-5. The maximum absolute atomic E-state index is 9.43. The molecule has 135 heavy (non-hydrogen) atoms. The van der Waals surface area contributed by atoms with E-state index in [0.717, 1.165) is 206 Å². The van der Waals surface area contributed by atoms with Crippen LogP contribution in [0, 0.1) is 163 Å². The zero-order valence-corrected chi connectivity index (χ0v) is 87.5. The summed E-state index contributed by atoms with van der Waals surface area (Å²) in [6.07, 6.45) is 16.8. The second-order valence-corrected chi connectivity index (χ2v) is 33.7. The van der Waals surface area contributed by atoms with Crippen LogP contribution in [0.1, 0.15) is 168 Å². The summed E-state index contributed by atoms with van der Waals surface area (Å²) in [7, 11) is 0. The Balaban J connectivity index is 0.000000180. The van der Waals surface area contributed by atoms with Gasteiger partial charge in [0.05, 0.1) is 80.4 Å². The third-order valence-corrected chi connectivity index (χ3v) is 23.6. The molecule has 0 amide bonds. The summed E-state index contributed by atoms with van der Waals surface area (Å²) in [5, 5.41) is 36.0. The predicted octanol–water partition coefficient (Wildman–Crippen LogP) is 25.8. The number of nitrogens with zero attached hydrogens (tertiary/aromatic N) is 17. The number of aryl methyl sites for hydroxylation is 19. The van der Waals surface area contributed by atoms with E-state index in [1.165, 1.54) is 73.1 Å². The fraction of sp³-hybridized carbons (Fsp3) is 0.226. The minimum Gasteiger partial charge on any atom is -0.441 e. The van der Waals surface area contributed by atoms with Crippen molar-refractivity contribution in [1.82, 2.24) is 70.0 Å². The van der Waals surface area contributed by atoms with Gasteiger partial charge in [0.2, 0.25) is 0 Å². The van der Waals surface area contributed by atoms with Crippen molar-refractivity contribution in [3.05, 3.63) is 365 Å². The number of pyridine rings is 1. The number of hydrogen-bond acceptors (Lipinski definition) is 15. The summed E-state index contributed by atoms with van der Waals surface area (Å²) < 4.78 is 0. The quantitative estimate of drug-likeness (QED) is 0.0768. The molecule has 20 heteroatoms. The van der Waals surface area contributed by atoms with Gasteiger partial charge in [0.25, 0.3) is 0 Å². The second kappa shape index (κ2) is 47.4. The van der Waals surface area contributed by atoms with Gasteiger partial charge in [0.1, 0.15) is 6.33 Å². The molecule has 7 aromatic heterocycles. The maximum atomic E-state index is 9.43. The molecule has 7 heterocycles. The summed E-state index contributed by atoms with van der Waals surface area (Å²) in [6, 6.07) is 75.3. The second-order valence-electron chi connectivity index (χ2n) is 33.7. The first-order chi connectivity index (χ1) is 63.6. The summed E-state index contributed by atoms with van der Waals surface area (Å²) in [5.41, 5.74) is 45.1. The number of rotatable bonds is 17. The molecule has 0 saturated heterocycles. The van der Waals surface area contributed by atoms with Crippen LogP contribution in [0.5, 0.6) is 0 Å². The molecular weight excluding hydrogens is 2200 g/mol. The topological polar surface area (TPSA) is 254 Å².